The van der Waals surface area contributed by atoms with Crippen LogP contribution >= 0.6 is 11.3 Å². The van der Waals surface area contributed by atoms with E-state index in [0.717, 1.165) is 35.6 Å². The highest BCUT2D eigenvalue weighted by Gasteiger charge is 2.16. The van der Waals surface area contributed by atoms with Crippen LogP contribution in [0.1, 0.15) is 27.8 Å². The molecule has 1 amide bonds. The summed E-state index contributed by atoms with van der Waals surface area (Å²) in [5.74, 6) is -1.60. The number of halogens is 1. The second kappa shape index (κ2) is 9.01. The molecule has 0 aliphatic carbocycles. The average Bonchev–Trinajstić information content (AvgIpc) is 3.17. The lowest BCUT2D eigenvalue weighted by Gasteiger charge is -2.09. The highest BCUT2D eigenvalue weighted by molar-refractivity contribution is 7.92. The van der Waals surface area contributed by atoms with Gasteiger partial charge in [0.1, 0.15) is 5.82 Å². The van der Waals surface area contributed by atoms with Crippen LogP contribution in [0.15, 0.2) is 58.8 Å². The van der Waals surface area contributed by atoms with Crippen molar-refractivity contribution in [1.29, 1.82) is 0 Å². The van der Waals surface area contributed by atoms with Gasteiger partial charge in [0, 0.05) is 16.6 Å². The molecular weight excluding hydrogens is 433 g/mol. The summed E-state index contributed by atoms with van der Waals surface area (Å²) in [6.07, 6.45) is 0. The summed E-state index contributed by atoms with van der Waals surface area (Å²) in [6.45, 7) is 1.89. The third-order valence-electron chi connectivity index (χ3n) is 3.73. The van der Waals surface area contributed by atoms with E-state index in [9.17, 15) is 22.4 Å². The zero-order valence-corrected chi connectivity index (χ0v) is 17.2. The fourth-order valence-corrected chi connectivity index (χ4v) is 4.05. The minimum absolute atomic E-state index is 0.0908. The monoisotopic (exact) mass is 449 g/mol. The maximum absolute atomic E-state index is 13.0. The predicted molar refractivity (Wildman–Crippen MR) is 110 cm³/mol. The Kier molecular flexibility index (Phi) is 6.43. The van der Waals surface area contributed by atoms with Crippen LogP contribution in [-0.4, -0.2) is 31.9 Å². The lowest BCUT2D eigenvalue weighted by atomic mass is 10.2. The van der Waals surface area contributed by atoms with Gasteiger partial charge in [-0.1, -0.05) is 0 Å². The van der Waals surface area contributed by atoms with E-state index in [2.05, 4.69) is 15.0 Å². The molecule has 0 saturated carbocycles. The molecule has 0 unspecified atom stereocenters. The Bertz CT molecular complexity index is 1160. The first kappa shape index (κ1) is 21.4. The van der Waals surface area contributed by atoms with E-state index in [-0.39, 0.29) is 33.6 Å². The zero-order valence-electron chi connectivity index (χ0n) is 15.6. The van der Waals surface area contributed by atoms with Crippen molar-refractivity contribution in [1.82, 2.24) is 4.98 Å². The smallest absolute Gasteiger partial charge is 0.357 e. The number of ether oxygens (including phenoxy) is 1. The van der Waals surface area contributed by atoms with Crippen molar-refractivity contribution >= 4 is 44.1 Å². The molecule has 1 heterocycles. The molecule has 2 aromatic carbocycles. The number of nitrogens with one attached hydrogen (secondary N) is 2. The van der Waals surface area contributed by atoms with Crippen LogP contribution in [0.4, 0.5) is 15.2 Å². The first-order valence-electron chi connectivity index (χ1n) is 8.61. The second-order valence-electron chi connectivity index (χ2n) is 5.85. The Morgan fingerprint density at radius 1 is 1.10 bits per heavy atom. The number of carbonyl (C=O) groups excluding carboxylic acids is 2. The molecular formula is C19H16FN3O5S2. The fourth-order valence-electron chi connectivity index (χ4n) is 2.32. The number of hydrogen-bond acceptors (Lipinski definition) is 7. The number of anilines is 2. The van der Waals surface area contributed by atoms with Crippen molar-refractivity contribution in [3.63, 3.8) is 0 Å². The third kappa shape index (κ3) is 5.19. The molecule has 8 nitrogen and oxygen atoms in total. The summed E-state index contributed by atoms with van der Waals surface area (Å²) in [6, 6.07) is 10.1. The van der Waals surface area contributed by atoms with E-state index in [1.54, 1.807) is 6.92 Å². The summed E-state index contributed by atoms with van der Waals surface area (Å²) in [7, 11) is -3.89. The quantitative estimate of drug-likeness (QED) is 0.534. The lowest BCUT2D eigenvalue weighted by Crippen LogP contribution is -2.14. The minimum Gasteiger partial charge on any atom is -0.461 e. The van der Waals surface area contributed by atoms with Crippen molar-refractivity contribution in [2.24, 2.45) is 0 Å². The normalized spacial score (nSPS) is 11.0. The minimum atomic E-state index is -3.89. The molecule has 0 spiro atoms. The molecule has 30 heavy (non-hydrogen) atoms. The number of thiazole rings is 1. The van der Waals surface area contributed by atoms with E-state index in [1.807, 2.05) is 0 Å². The summed E-state index contributed by atoms with van der Waals surface area (Å²) in [5, 5.41) is 4.26. The van der Waals surface area contributed by atoms with Crippen molar-refractivity contribution in [3.05, 3.63) is 71.0 Å². The molecule has 0 aliphatic heterocycles. The summed E-state index contributed by atoms with van der Waals surface area (Å²) in [4.78, 5) is 27.9. The maximum Gasteiger partial charge on any atom is 0.357 e. The molecule has 0 aliphatic rings. The third-order valence-corrected chi connectivity index (χ3v) is 5.89. The van der Waals surface area contributed by atoms with Crippen molar-refractivity contribution in [2.45, 2.75) is 11.8 Å². The summed E-state index contributed by atoms with van der Waals surface area (Å²) in [5.41, 5.74) is 0.588. The topological polar surface area (TPSA) is 114 Å². The summed E-state index contributed by atoms with van der Waals surface area (Å²) < 4.78 is 44.8. The first-order chi connectivity index (χ1) is 14.3. The van der Waals surface area contributed by atoms with Gasteiger partial charge in [-0.15, -0.1) is 11.3 Å². The van der Waals surface area contributed by atoms with Gasteiger partial charge in [0.25, 0.3) is 15.9 Å². The number of benzene rings is 2. The number of hydrogen-bond donors (Lipinski definition) is 2. The molecule has 0 bridgehead atoms. The second-order valence-corrected chi connectivity index (χ2v) is 8.39. The number of sulfonamides is 1. The van der Waals surface area contributed by atoms with Gasteiger partial charge < -0.3 is 4.74 Å². The molecule has 156 valence electrons. The lowest BCUT2D eigenvalue weighted by molar-refractivity contribution is 0.0520. The number of nitrogens with zero attached hydrogens (tertiary/aromatic N) is 1. The van der Waals surface area contributed by atoms with E-state index in [4.69, 9.17) is 4.74 Å². The van der Waals surface area contributed by atoms with Crippen LogP contribution in [0.5, 0.6) is 0 Å². The zero-order chi connectivity index (χ0) is 21.7. The van der Waals surface area contributed by atoms with Crippen molar-refractivity contribution < 1.29 is 27.1 Å². The van der Waals surface area contributed by atoms with Gasteiger partial charge >= 0.3 is 5.97 Å². The number of aromatic nitrogens is 1. The van der Waals surface area contributed by atoms with E-state index < -0.39 is 27.7 Å². The van der Waals surface area contributed by atoms with Gasteiger partial charge in [-0.05, 0) is 55.5 Å². The molecule has 0 radical (unpaired) electrons. The Hall–Kier alpha value is -3.31. The van der Waals surface area contributed by atoms with Gasteiger partial charge in [0.05, 0.1) is 11.5 Å². The first-order valence-corrected chi connectivity index (χ1v) is 11.0. The van der Waals surface area contributed by atoms with Gasteiger partial charge in [-0.3, -0.25) is 14.8 Å². The van der Waals surface area contributed by atoms with Crippen LogP contribution in [-0.2, 0) is 14.8 Å². The number of esters is 1. The highest BCUT2D eigenvalue weighted by Crippen LogP contribution is 2.20. The Balaban J connectivity index is 1.66. The molecule has 1 aromatic heterocycles. The van der Waals surface area contributed by atoms with E-state index >= 15 is 0 Å². The Labute approximate surface area is 175 Å². The van der Waals surface area contributed by atoms with Gasteiger partial charge in [0.2, 0.25) is 0 Å². The number of amides is 1. The van der Waals surface area contributed by atoms with Gasteiger partial charge in [-0.2, -0.15) is 0 Å². The van der Waals surface area contributed by atoms with Gasteiger partial charge in [-0.25, -0.2) is 22.6 Å². The molecule has 0 fully saturated rings. The highest BCUT2D eigenvalue weighted by atomic mass is 32.2. The summed E-state index contributed by atoms with van der Waals surface area (Å²) >= 11 is 1.07. The number of rotatable bonds is 7. The molecule has 11 heteroatoms. The molecule has 2 N–H and O–H groups in total. The molecule has 0 atom stereocenters. The number of carbonyl (C=O) groups is 2. The van der Waals surface area contributed by atoms with Crippen LogP contribution in [0, 0.1) is 5.82 Å². The van der Waals surface area contributed by atoms with Crippen LogP contribution < -0.4 is 10.0 Å². The van der Waals surface area contributed by atoms with E-state index in [0.29, 0.717) is 0 Å². The van der Waals surface area contributed by atoms with Crippen LogP contribution in [0.2, 0.25) is 0 Å². The van der Waals surface area contributed by atoms with Crippen molar-refractivity contribution in [3.8, 4) is 0 Å². The van der Waals surface area contributed by atoms with Crippen LogP contribution in [0.25, 0.3) is 0 Å². The average molecular weight is 449 g/mol. The molecule has 3 aromatic rings. The largest absolute Gasteiger partial charge is 0.461 e. The Morgan fingerprint density at radius 2 is 1.77 bits per heavy atom. The Morgan fingerprint density at radius 3 is 2.40 bits per heavy atom. The molecule has 0 saturated heterocycles. The van der Waals surface area contributed by atoms with Crippen molar-refractivity contribution in [2.75, 3.05) is 16.6 Å². The standard InChI is InChI=1S/C19H16FN3O5S2/c1-2-28-18(25)16-11-29-19(21-16)22-17(24)12-3-7-14(8-4-12)23-30(26,27)15-9-5-13(20)6-10-15/h3-11,23H,2H2,1H3,(H,21,22,24). The van der Waals surface area contributed by atoms with Gasteiger partial charge in [0.15, 0.2) is 10.8 Å². The maximum atomic E-state index is 13.0. The van der Waals surface area contributed by atoms with Crippen LogP contribution in [0.3, 0.4) is 0 Å². The van der Waals surface area contributed by atoms with E-state index in [1.165, 1.54) is 29.6 Å². The molecule has 3 rings (SSSR count). The SMILES string of the molecule is CCOC(=O)c1csc(NC(=O)c2ccc(NS(=O)(=O)c3ccc(F)cc3)cc2)n1. The fraction of sp³-hybridized carbons (Fsp3) is 0.105. The predicted octanol–water partition coefficient (Wildman–Crippen LogP) is 3.51.